The molecule has 1 aliphatic carbocycles. The standard InChI is InChI=1S/C18H36N2/c1-6-19-16-7-10-18(4,5)13-17(16)20-11-8-15(9-12-20)14(2)3/h14-17,19H,6-13H2,1-5H3. The van der Waals surface area contributed by atoms with Crippen molar-refractivity contribution in [1.82, 2.24) is 10.2 Å². The SMILES string of the molecule is CCNC1CCC(C)(C)CC1N1CCC(C(C)C)CC1. The Hall–Kier alpha value is -0.0800. The van der Waals surface area contributed by atoms with E-state index in [4.69, 9.17) is 0 Å². The molecule has 2 rings (SSSR count). The Labute approximate surface area is 126 Å². The van der Waals surface area contributed by atoms with E-state index in [9.17, 15) is 0 Å². The molecule has 0 aromatic heterocycles. The van der Waals surface area contributed by atoms with E-state index in [1.54, 1.807) is 0 Å². The molecule has 1 saturated heterocycles. The molecule has 1 saturated carbocycles. The molecule has 2 unspecified atom stereocenters. The van der Waals surface area contributed by atoms with Crippen LogP contribution in [0.25, 0.3) is 0 Å². The van der Waals surface area contributed by atoms with Crippen molar-refractivity contribution < 1.29 is 0 Å². The molecule has 0 aromatic carbocycles. The zero-order valence-electron chi connectivity index (χ0n) is 14.4. The molecule has 1 aliphatic heterocycles. The van der Waals surface area contributed by atoms with Gasteiger partial charge in [0.05, 0.1) is 0 Å². The first-order valence-electron chi connectivity index (χ1n) is 8.90. The highest BCUT2D eigenvalue weighted by molar-refractivity contribution is 4.95. The molecule has 2 nitrogen and oxygen atoms in total. The van der Waals surface area contributed by atoms with Gasteiger partial charge >= 0.3 is 0 Å². The van der Waals surface area contributed by atoms with E-state index in [0.717, 1.165) is 30.5 Å². The van der Waals surface area contributed by atoms with E-state index >= 15 is 0 Å². The fourth-order valence-corrected chi connectivity index (χ4v) is 4.35. The number of hydrogen-bond donors (Lipinski definition) is 1. The van der Waals surface area contributed by atoms with Crippen LogP contribution in [0.15, 0.2) is 0 Å². The van der Waals surface area contributed by atoms with Gasteiger partial charge < -0.3 is 5.32 Å². The second-order valence-electron chi connectivity index (χ2n) is 8.26. The lowest BCUT2D eigenvalue weighted by Crippen LogP contribution is -2.56. The van der Waals surface area contributed by atoms with E-state index in [1.165, 1.54) is 45.2 Å². The lowest BCUT2D eigenvalue weighted by atomic mass is 9.71. The van der Waals surface area contributed by atoms with Crippen LogP contribution in [0, 0.1) is 17.3 Å². The Bertz CT molecular complexity index is 290. The smallest absolute Gasteiger partial charge is 0.0254 e. The van der Waals surface area contributed by atoms with Crippen LogP contribution in [0.5, 0.6) is 0 Å². The van der Waals surface area contributed by atoms with Crippen LogP contribution in [-0.4, -0.2) is 36.6 Å². The van der Waals surface area contributed by atoms with Crippen molar-refractivity contribution in [3.63, 3.8) is 0 Å². The molecule has 2 atom stereocenters. The number of piperidine rings is 1. The minimum Gasteiger partial charge on any atom is -0.313 e. The summed E-state index contributed by atoms with van der Waals surface area (Å²) < 4.78 is 0. The summed E-state index contributed by atoms with van der Waals surface area (Å²) >= 11 is 0. The first kappa shape index (κ1) is 16.3. The highest BCUT2D eigenvalue weighted by Gasteiger charge is 2.38. The first-order chi connectivity index (χ1) is 9.43. The second-order valence-corrected chi connectivity index (χ2v) is 8.26. The Morgan fingerprint density at radius 1 is 1.15 bits per heavy atom. The minimum atomic E-state index is 0.533. The minimum absolute atomic E-state index is 0.533. The van der Waals surface area contributed by atoms with Crippen molar-refractivity contribution in [2.45, 2.75) is 78.8 Å². The monoisotopic (exact) mass is 280 g/mol. The Morgan fingerprint density at radius 3 is 2.35 bits per heavy atom. The van der Waals surface area contributed by atoms with Gasteiger partial charge in [-0.05, 0) is 69.0 Å². The largest absolute Gasteiger partial charge is 0.313 e. The van der Waals surface area contributed by atoms with Crippen molar-refractivity contribution in [1.29, 1.82) is 0 Å². The van der Waals surface area contributed by atoms with Crippen molar-refractivity contribution in [3.8, 4) is 0 Å². The topological polar surface area (TPSA) is 15.3 Å². The maximum Gasteiger partial charge on any atom is 0.0254 e. The quantitative estimate of drug-likeness (QED) is 0.840. The maximum absolute atomic E-state index is 3.76. The van der Waals surface area contributed by atoms with Gasteiger partial charge in [0.15, 0.2) is 0 Å². The molecular formula is C18H36N2. The molecule has 0 spiro atoms. The van der Waals surface area contributed by atoms with Crippen molar-refractivity contribution in [2.75, 3.05) is 19.6 Å². The zero-order chi connectivity index (χ0) is 14.8. The number of likely N-dealkylation sites (N-methyl/N-ethyl adjacent to an activating group) is 1. The summed E-state index contributed by atoms with van der Waals surface area (Å²) in [5.41, 5.74) is 0.533. The second kappa shape index (κ2) is 6.79. The van der Waals surface area contributed by atoms with Gasteiger partial charge in [0.1, 0.15) is 0 Å². The molecule has 0 amide bonds. The third-order valence-corrected chi connectivity index (χ3v) is 5.81. The maximum atomic E-state index is 3.76. The third kappa shape index (κ3) is 3.98. The molecule has 2 aliphatic rings. The van der Waals surface area contributed by atoms with Gasteiger partial charge in [-0.1, -0.05) is 34.6 Å². The van der Waals surface area contributed by atoms with Crippen LogP contribution in [-0.2, 0) is 0 Å². The van der Waals surface area contributed by atoms with Crippen LogP contribution in [0.2, 0.25) is 0 Å². The number of rotatable bonds is 4. The van der Waals surface area contributed by atoms with Crippen LogP contribution >= 0.6 is 0 Å². The third-order valence-electron chi connectivity index (χ3n) is 5.81. The van der Waals surface area contributed by atoms with Crippen LogP contribution in [0.1, 0.15) is 66.7 Å². The van der Waals surface area contributed by atoms with E-state index in [1.807, 2.05) is 0 Å². The number of nitrogens with one attached hydrogen (secondary N) is 1. The number of hydrogen-bond acceptors (Lipinski definition) is 2. The molecule has 2 heteroatoms. The molecule has 20 heavy (non-hydrogen) atoms. The summed E-state index contributed by atoms with van der Waals surface area (Å²) in [5, 5.41) is 3.76. The van der Waals surface area contributed by atoms with Gasteiger partial charge in [0, 0.05) is 12.1 Å². The summed E-state index contributed by atoms with van der Waals surface area (Å²) in [7, 11) is 0. The van der Waals surface area contributed by atoms with Crippen molar-refractivity contribution in [3.05, 3.63) is 0 Å². The van der Waals surface area contributed by atoms with Crippen LogP contribution in [0.4, 0.5) is 0 Å². The Balaban J connectivity index is 1.97. The first-order valence-corrected chi connectivity index (χ1v) is 8.90. The van der Waals surface area contributed by atoms with E-state index in [2.05, 4.69) is 44.8 Å². The van der Waals surface area contributed by atoms with Gasteiger partial charge in [-0.25, -0.2) is 0 Å². The number of nitrogens with zero attached hydrogens (tertiary/aromatic N) is 1. The molecular weight excluding hydrogens is 244 g/mol. The lowest BCUT2D eigenvalue weighted by molar-refractivity contribution is 0.0360. The summed E-state index contributed by atoms with van der Waals surface area (Å²) in [6.45, 7) is 15.7. The summed E-state index contributed by atoms with van der Waals surface area (Å²) in [6.07, 6.45) is 6.93. The van der Waals surface area contributed by atoms with Gasteiger partial charge in [-0.3, -0.25) is 4.90 Å². The summed E-state index contributed by atoms with van der Waals surface area (Å²) in [5.74, 6) is 1.82. The molecule has 1 heterocycles. The predicted octanol–water partition coefficient (Wildman–Crippen LogP) is 3.91. The fraction of sp³-hybridized carbons (Fsp3) is 1.00. The molecule has 0 bridgehead atoms. The zero-order valence-corrected chi connectivity index (χ0v) is 14.4. The van der Waals surface area contributed by atoms with Gasteiger partial charge in [0.2, 0.25) is 0 Å². The van der Waals surface area contributed by atoms with Crippen molar-refractivity contribution >= 4 is 0 Å². The molecule has 0 aromatic rings. The van der Waals surface area contributed by atoms with Gasteiger partial charge in [-0.15, -0.1) is 0 Å². The van der Waals surface area contributed by atoms with Crippen LogP contribution < -0.4 is 5.32 Å². The summed E-state index contributed by atoms with van der Waals surface area (Å²) in [6, 6.07) is 1.50. The van der Waals surface area contributed by atoms with Gasteiger partial charge in [0.25, 0.3) is 0 Å². The molecule has 0 radical (unpaired) electrons. The Morgan fingerprint density at radius 2 is 1.80 bits per heavy atom. The highest BCUT2D eigenvalue weighted by Crippen LogP contribution is 2.39. The molecule has 1 N–H and O–H groups in total. The fourth-order valence-electron chi connectivity index (χ4n) is 4.35. The molecule has 2 fully saturated rings. The van der Waals surface area contributed by atoms with E-state index < -0.39 is 0 Å². The van der Waals surface area contributed by atoms with E-state index in [-0.39, 0.29) is 0 Å². The highest BCUT2D eigenvalue weighted by atomic mass is 15.2. The average Bonchev–Trinajstić information content (AvgIpc) is 2.41. The average molecular weight is 281 g/mol. The number of likely N-dealkylation sites (tertiary alicyclic amines) is 1. The predicted molar refractivity (Wildman–Crippen MR) is 88.0 cm³/mol. The van der Waals surface area contributed by atoms with E-state index in [0.29, 0.717) is 5.41 Å². The normalized spacial score (nSPS) is 32.7. The van der Waals surface area contributed by atoms with Crippen molar-refractivity contribution in [2.24, 2.45) is 17.3 Å². The van der Waals surface area contributed by atoms with Crippen LogP contribution in [0.3, 0.4) is 0 Å². The summed E-state index contributed by atoms with van der Waals surface area (Å²) in [4.78, 5) is 2.81. The Kier molecular flexibility index (Phi) is 5.53. The lowest BCUT2D eigenvalue weighted by Gasteiger charge is -2.48. The van der Waals surface area contributed by atoms with Gasteiger partial charge in [-0.2, -0.15) is 0 Å². The molecule has 118 valence electrons.